The Kier molecular flexibility index (Phi) is 5.09. The van der Waals surface area contributed by atoms with Crippen molar-refractivity contribution in [2.45, 2.75) is 20.4 Å². The lowest BCUT2D eigenvalue weighted by Gasteiger charge is -2.06. The summed E-state index contributed by atoms with van der Waals surface area (Å²) in [6.45, 7) is 4.65. The summed E-state index contributed by atoms with van der Waals surface area (Å²) in [6, 6.07) is 5.58. The van der Waals surface area contributed by atoms with E-state index in [4.69, 9.17) is 5.73 Å². The third-order valence-corrected chi connectivity index (χ3v) is 3.73. The maximum atomic E-state index is 12.3. The predicted molar refractivity (Wildman–Crippen MR) is 85.1 cm³/mol. The summed E-state index contributed by atoms with van der Waals surface area (Å²) in [5.41, 5.74) is 7.72. The van der Waals surface area contributed by atoms with Crippen molar-refractivity contribution >= 4 is 17.2 Å². The number of aromatic nitrogens is 1. The van der Waals surface area contributed by atoms with Gasteiger partial charge in [0.05, 0.1) is 18.7 Å². The molecule has 0 spiro atoms. The summed E-state index contributed by atoms with van der Waals surface area (Å²) >= 11 is 1.58. The number of carbonyl (C=O) groups is 1. The first-order chi connectivity index (χ1) is 10.1. The second kappa shape index (κ2) is 7.02. The number of benzene rings is 1. The van der Waals surface area contributed by atoms with Crippen LogP contribution in [0.25, 0.3) is 0 Å². The first kappa shape index (κ1) is 15.2. The minimum atomic E-state index is -0.149. The van der Waals surface area contributed by atoms with E-state index in [0.29, 0.717) is 17.7 Å². The largest absolute Gasteiger partial charge is 0.345 e. The molecule has 108 valence electrons. The van der Waals surface area contributed by atoms with Gasteiger partial charge < -0.3 is 11.1 Å². The van der Waals surface area contributed by atoms with Gasteiger partial charge in [-0.2, -0.15) is 0 Å². The molecule has 0 aliphatic heterocycles. The van der Waals surface area contributed by atoms with E-state index in [1.807, 2.05) is 26.0 Å². The second-order valence-corrected chi connectivity index (χ2v) is 5.92. The van der Waals surface area contributed by atoms with Gasteiger partial charge in [-0.05, 0) is 31.5 Å². The van der Waals surface area contributed by atoms with Crippen LogP contribution in [0.2, 0.25) is 0 Å². The van der Waals surface area contributed by atoms with Gasteiger partial charge in [-0.15, -0.1) is 11.3 Å². The average Bonchev–Trinajstić information content (AvgIpc) is 2.88. The molecule has 0 fully saturated rings. The van der Waals surface area contributed by atoms with Gasteiger partial charge in [0.2, 0.25) is 0 Å². The van der Waals surface area contributed by atoms with E-state index in [1.54, 1.807) is 23.6 Å². The van der Waals surface area contributed by atoms with E-state index in [9.17, 15) is 4.79 Å². The molecular weight excluding hydrogens is 282 g/mol. The van der Waals surface area contributed by atoms with Crippen LogP contribution < -0.4 is 11.1 Å². The fourth-order valence-corrected chi connectivity index (χ4v) is 2.57. The van der Waals surface area contributed by atoms with Gasteiger partial charge in [0.25, 0.3) is 5.91 Å². The maximum Gasteiger partial charge on any atom is 0.252 e. The smallest absolute Gasteiger partial charge is 0.252 e. The van der Waals surface area contributed by atoms with Gasteiger partial charge in [-0.3, -0.25) is 4.79 Å². The van der Waals surface area contributed by atoms with Crippen LogP contribution in [0.4, 0.5) is 0 Å². The second-order valence-electron chi connectivity index (χ2n) is 4.60. The number of hydrogen-bond donors (Lipinski definition) is 2. The summed E-state index contributed by atoms with van der Waals surface area (Å²) in [5, 5.41) is 3.77. The van der Waals surface area contributed by atoms with Crippen LogP contribution in [0.5, 0.6) is 0 Å². The number of rotatable bonds is 3. The fraction of sp³-hybridized carbons (Fsp3) is 0.250. The molecule has 2 aromatic rings. The maximum absolute atomic E-state index is 12.3. The molecule has 1 amide bonds. The molecule has 0 unspecified atom stereocenters. The minimum absolute atomic E-state index is 0.149. The van der Waals surface area contributed by atoms with Crippen LogP contribution in [0.3, 0.4) is 0 Å². The van der Waals surface area contributed by atoms with Gasteiger partial charge in [-0.25, -0.2) is 4.98 Å². The number of carbonyl (C=O) groups excluding carboxylic acids is 1. The van der Waals surface area contributed by atoms with Crippen LogP contribution in [0, 0.1) is 25.7 Å². The molecule has 2 rings (SSSR count). The van der Waals surface area contributed by atoms with Gasteiger partial charge in [0.15, 0.2) is 0 Å². The SMILES string of the molecule is Cc1ccc(C(=O)NCc2ncc(C)s2)c(C#CCN)c1. The summed E-state index contributed by atoms with van der Waals surface area (Å²) in [7, 11) is 0. The first-order valence-corrected chi connectivity index (χ1v) is 7.41. The molecule has 3 N–H and O–H groups in total. The quantitative estimate of drug-likeness (QED) is 0.852. The van der Waals surface area contributed by atoms with Gasteiger partial charge >= 0.3 is 0 Å². The molecule has 0 saturated heterocycles. The molecule has 0 aliphatic rings. The molecule has 0 atom stereocenters. The molecule has 1 heterocycles. The van der Waals surface area contributed by atoms with Crippen molar-refractivity contribution in [3.63, 3.8) is 0 Å². The molecule has 4 nitrogen and oxygen atoms in total. The molecule has 1 aromatic heterocycles. The highest BCUT2D eigenvalue weighted by molar-refractivity contribution is 7.11. The minimum Gasteiger partial charge on any atom is -0.345 e. The third kappa shape index (κ3) is 4.15. The first-order valence-electron chi connectivity index (χ1n) is 6.59. The highest BCUT2D eigenvalue weighted by atomic mass is 32.1. The number of nitrogens with zero attached hydrogens (tertiary/aromatic N) is 1. The van der Waals surface area contributed by atoms with Crippen LogP contribution in [-0.4, -0.2) is 17.4 Å². The Labute approximate surface area is 128 Å². The summed E-state index contributed by atoms with van der Waals surface area (Å²) in [6.07, 6.45) is 1.80. The van der Waals surface area contributed by atoms with Crippen molar-refractivity contribution in [3.05, 3.63) is 51.0 Å². The van der Waals surface area contributed by atoms with Gasteiger partial charge in [0.1, 0.15) is 5.01 Å². The van der Waals surface area contributed by atoms with E-state index < -0.39 is 0 Å². The Morgan fingerprint density at radius 3 is 2.90 bits per heavy atom. The Bertz CT molecular complexity index is 710. The number of amides is 1. The predicted octanol–water partition coefficient (Wildman–Crippen LogP) is 2.00. The standard InChI is InChI=1S/C16H17N3OS/c1-11-5-6-14(13(8-11)4-3-7-17)16(20)19-10-15-18-9-12(2)21-15/h5-6,8-9H,7,10,17H2,1-2H3,(H,19,20). The van der Waals surface area contributed by atoms with E-state index in [1.165, 1.54) is 0 Å². The zero-order valence-electron chi connectivity index (χ0n) is 12.1. The summed E-state index contributed by atoms with van der Waals surface area (Å²) < 4.78 is 0. The summed E-state index contributed by atoms with van der Waals surface area (Å²) in [5.74, 6) is 5.59. The van der Waals surface area contributed by atoms with E-state index in [2.05, 4.69) is 22.1 Å². The lowest BCUT2D eigenvalue weighted by Crippen LogP contribution is -2.23. The topological polar surface area (TPSA) is 68.0 Å². The highest BCUT2D eigenvalue weighted by Crippen LogP contribution is 2.13. The number of nitrogens with one attached hydrogen (secondary N) is 1. The van der Waals surface area contributed by atoms with Crippen molar-refractivity contribution in [3.8, 4) is 11.8 Å². The van der Waals surface area contributed by atoms with E-state index >= 15 is 0 Å². The van der Waals surface area contributed by atoms with Crippen molar-refractivity contribution < 1.29 is 4.79 Å². The van der Waals surface area contributed by atoms with Crippen LogP contribution in [0.15, 0.2) is 24.4 Å². The molecule has 0 aliphatic carbocycles. The molecule has 21 heavy (non-hydrogen) atoms. The lowest BCUT2D eigenvalue weighted by molar-refractivity contribution is 0.0950. The number of nitrogens with two attached hydrogens (primary N) is 1. The average molecular weight is 299 g/mol. The van der Waals surface area contributed by atoms with E-state index in [0.717, 1.165) is 15.4 Å². The summed E-state index contributed by atoms with van der Waals surface area (Å²) in [4.78, 5) is 17.6. The Hall–Kier alpha value is -2.16. The zero-order valence-corrected chi connectivity index (χ0v) is 12.9. The van der Waals surface area contributed by atoms with Crippen molar-refractivity contribution in [1.29, 1.82) is 0 Å². The van der Waals surface area contributed by atoms with Crippen LogP contribution in [0.1, 0.15) is 31.4 Å². The Morgan fingerprint density at radius 1 is 1.43 bits per heavy atom. The van der Waals surface area contributed by atoms with Crippen molar-refractivity contribution in [1.82, 2.24) is 10.3 Å². The van der Waals surface area contributed by atoms with Gasteiger partial charge in [-0.1, -0.05) is 17.9 Å². The fourth-order valence-electron chi connectivity index (χ4n) is 1.84. The van der Waals surface area contributed by atoms with Crippen molar-refractivity contribution in [2.24, 2.45) is 5.73 Å². The monoisotopic (exact) mass is 299 g/mol. The molecule has 0 bridgehead atoms. The molecule has 1 aromatic carbocycles. The van der Waals surface area contributed by atoms with Gasteiger partial charge in [0, 0.05) is 16.6 Å². The zero-order chi connectivity index (χ0) is 15.2. The third-order valence-electron chi connectivity index (χ3n) is 2.81. The Morgan fingerprint density at radius 2 is 2.24 bits per heavy atom. The number of thiazole rings is 1. The molecule has 0 radical (unpaired) electrons. The number of aryl methyl sites for hydroxylation is 2. The van der Waals surface area contributed by atoms with E-state index in [-0.39, 0.29) is 12.5 Å². The highest BCUT2D eigenvalue weighted by Gasteiger charge is 2.11. The lowest BCUT2D eigenvalue weighted by atomic mass is 10.0. The molecule has 5 heteroatoms. The van der Waals surface area contributed by atoms with Crippen LogP contribution in [-0.2, 0) is 6.54 Å². The van der Waals surface area contributed by atoms with Crippen molar-refractivity contribution in [2.75, 3.05) is 6.54 Å². The number of hydrogen-bond acceptors (Lipinski definition) is 4. The van der Waals surface area contributed by atoms with Crippen LogP contribution >= 0.6 is 11.3 Å². The Balaban J connectivity index is 2.14. The molecule has 0 saturated carbocycles. The normalized spacial score (nSPS) is 9.86. The molecular formula is C16H17N3OS.